The normalized spacial score (nSPS) is 13.6. The number of ether oxygens (including phenoxy) is 1. The number of amides is 1. The Morgan fingerprint density at radius 2 is 1.76 bits per heavy atom. The molecule has 5 nitrogen and oxygen atoms in total. The summed E-state index contributed by atoms with van der Waals surface area (Å²) in [4.78, 5) is 23.4. The second kappa shape index (κ2) is 7.67. The van der Waals surface area contributed by atoms with Gasteiger partial charge in [-0.3, -0.25) is 4.79 Å². The van der Waals surface area contributed by atoms with Gasteiger partial charge in [-0.25, -0.2) is 4.79 Å². The second-order valence-corrected chi connectivity index (χ2v) is 5.52. The quantitative estimate of drug-likeness (QED) is 0.809. The molecule has 0 radical (unpaired) electrons. The molecule has 0 saturated carbocycles. The zero-order valence-corrected chi connectivity index (χ0v) is 12.9. The second-order valence-electron chi connectivity index (χ2n) is 5.52. The first-order valence-electron chi connectivity index (χ1n) is 7.02. The lowest BCUT2D eigenvalue weighted by Gasteiger charge is -2.19. The third kappa shape index (κ3) is 5.10. The summed E-state index contributed by atoms with van der Waals surface area (Å²) in [6, 6.07) is 6.32. The average molecular weight is 293 g/mol. The van der Waals surface area contributed by atoms with Crippen LogP contribution >= 0.6 is 0 Å². The number of hydrogen-bond donors (Lipinski definition) is 2. The molecule has 0 saturated heterocycles. The minimum absolute atomic E-state index is 0.197. The molecule has 0 spiro atoms. The molecule has 116 valence electrons. The minimum Gasteiger partial charge on any atom is -0.497 e. The molecular weight excluding hydrogens is 270 g/mol. The molecule has 0 aliphatic carbocycles. The maximum absolute atomic E-state index is 12.2. The summed E-state index contributed by atoms with van der Waals surface area (Å²) in [6.45, 7) is 5.61. The number of aliphatic carboxylic acids is 1. The van der Waals surface area contributed by atoms with Gasteiger partial charge in [0.1, 0.15) is 11.8 Å². The SMILES string of the molecule is COc1ccc(C(C)C(=O)NC(CC(C)C)C(=O)O)cc1. The highest BCUT2D eigenvalue weighted by atomic mass is 16.5. The van der Waals surface area contributed by atoms with E-state index < -0.39 is 17.9 Å². The standard InChI is InChI=1S/C16H23NO4/c1-10(2)9-14(16(19)20)17-15(18)11(3)12-5-7-13(21-4)8-6-12/h5-8,10-11,14H,9H2,1-4H3,(H,17,18)(H,19,20). The van der Waals surface area contributed by atoms with Crippen LogP contribution in [0.5, 0.6) is 5.75 Å². The van der Waals surface area contributed by atoms with Crippen molar-refractivity contribution in [2.75, 3.05) is 7.11 Å². The van der Waals surface area contributed by atoms with Crippen molar-refractivity contribution in [3.8, 4) is 5.75 Å². The van der Waals surface area contributed by atoms with E-state index in [2.05, 4.69) is 5.32 Å². The molecule has 0 aliphatic heterocycles. The number of carbonyl (C=O) groups is 2. The van der Waals surface area contributed by atoms with E-state index in [-0.39, 0.29) is 11.8 Å². The van der Waals surface area contributed by atoms with Crippen molar-refractivity contribution in [1.82, 2.24) is 5.32 Å². The molecule has 1 rings (SSSR count). The Morgan fingerprint density at radius 1 is 1.19 bits per heavy atom. The Hall–Kier alpha value is -2.04. The molecule has 0 aliphatic rings. The molecular formula is C16H23NO4. The number of nitrogens with one attached hydrogen (secondary N) is 1. The van der Waals surface area contributed by atoms with Gasteiger partial charge in [0, 0.05) is 0 Å². The molecule has 1 amide bonds. The number of carboxylic acid groups (broad SMARTS) is 1. The molecule has 2 unspecified atom stereocenters. The van der Waals surface area contributed by atoms with Crippen molar-refractivity contribution in [1.29, 1.82) is 0 Å². The molecule has 21 heavy (non-hydrogen) atoms. The summed E-state index contributed by atoms with van der Waals surface area (Å²) < 4.78 is 5.07. The fourth-order valence-corrected chi connectivity index (χ4v) is 2.03. The van der Waals surface area contributed by atoms with Gasteiger partial charge in [-0.1, -0.05) is 26.0 Å². The Labute approximate surface area is 125 Å². The number of rotatable bonds is 7. The highest BCUT2D eigenvalue weighted by Gasteiger charge is 2.24. The van der Waals surface area contributed by atoms with Crippen LogP contribution < -0.4 is 10.1 Å². The van der Waals surface area contributed by atoms with Crippen molar-refractivity contribution < 1.29 is 19.4 Å². The first kappa shape index (κ1) is 17.0. The van der Waals surface area contributed by atoms with E-state index in [4.69, 9.17) is 9.84 Å². The number of carbonyl (C=O) groups excluding carboxylic acids is 1. The third-order valence-electron chi connectivity index (χ3n) is 3.33. The van der Waals surface area contributed by atoms with Crippen molar-refractivity contribution in [3.05, 3.63) is 29.8 Å². The Kier molecular flexibility index (Phi) is 6.21. The van der Waals surface area contributed by atoms with Gasteiger partial charge in [-0.15, -0.1) is 0 Å². The van der Waals surface area contributed by atoms with Crippen molar-refractivity contribution >= 4 is 11.9 Å². The number of methoxy groups -OCH3 is 1. The van der Waals surface area contributed by atoms with E-state index >= 15 is 0 Å². The lowest BCUT2D eigenvalue weighted by molar-refractivity contribution is -0.142. The van der Waals surface area contributed by atoms with Gasteiger partial charge in [0.15, 0.2) is 0 Å². The van der Waals surface area contributed by atoms with Crippen LogP contribution in [0.2, 0.25) is 0 Å². The number of hydrogen-bond acceptors (Lipinski definition) is 3. The van der Waals surface area contributed by atoms with Crippen molar-refractivity contribution in [2.24, 2.45) is 5.92 Å². The van der Waals surface area contributed by atoms with Crippen LogP contribution in [0.1, 0.15) is 38.7 Å². The fraction of sp³-hybridized carbons (Fsp3) is 0.500. The van der Waals surface area contributed by atoms with Gasteiger partial charge in [0.05, 0.1) is 13.0 Å². The first-order chi connectivity index (χ1) is 9.85. The van der Waals surface area contributed by atoms with Gasteiger partial charge in [-0.2, -0.15) is 0 Å². The van der Waals surface area contributed by atoms with Crippen molar-refractivity contribution in [3.63, 3.8) is 0 Å². The molecule has 1 aromatic rings. The van der Waals surface area contributed by atoms with Crippen LogP contribution in [0.3, 0.4) is 0 Å². The van der Waals surface area contributed by atoms with Gasteiger partial charge in [-0.05, 0) is 37.0 Å². The number of benzene rings is 1. The molecule has 0 heterocycles. The van der Waals surface area contributed by atoms with Gasteiger partial charge < -0.3 is 15.2 Å². The molecule has 0 bridgehead atoms. The highest BCUT2D eigenvalue weighted by Crippen LogP contribution is 2.19. The largest absolute Gasteiger partial charge is 0.497 e. The van der Waals surface area contributed by atoms with Crippen LogP contribution in [-0.2, 0) is 9.59 Å². The fourth-order valence-electron chi connectivity index (χ4n) is 2.03. The predicted molar refractivity (Wildman–Crippen MR) is 80.4 cm³/mol. The van der Waals surface area contributed by atoms with Gasteiger partial charge >= 0.3 is 5.97 Å². The summed E-state index contributed by atoms with van der Waals surface area (Å²) >= 11 is 0. The molecule has 2 atom stereocenters. The first-order valence-corrected chi connectivity index (χ1v) is 7.02. The molecule has 0 fully saturated rings. The van der Waals surface area contributed by atoms with Crippen LogP contribution in [0.25, 0.3) is 0 Å². The maximum atomic E-state index is 12.2. The zero-order chi connectivity index (χ0) is 16.0. The maximum Gasteiger partial charge on any atom is 0.326 e. The van der Waals surface area contributed by atoms with E-state index in [1.54, 1.807) is 38.3 Å². The summed E-state index contributed by atoms with van der Waals surface area (Å²) in [5.74, 6) is -0.783. The van der Waals surface area contributed by atoms with Crippen LogP contribution in [-0.4, -0.2) is 30.1 Å². The molecule has 5 heteroatoms. The minimum atomic E-state index is -1.00. The van der Waals surface area contributed by atoms with Crippen LogP contribution in [0.4, 0.5) is 0 Å². The van der Waals surface area contributed by atoms with Crippen LogP contribution in [0.15, 0.2) is 24.3 Å². The van der Waals surface area contributed by atoms with E-state index in [1.807, 2.05) is 13.8 Å². The Balaban J connectivity index is 2.73. The highest BCUT2D eigenvalue weighted by molar-refractivity contribution is 5.87. The lowest BCUT2D eigenvalue weighted by Crippen LogP contribution is -2.43. The lowest BCUT2D eigenvalue weighted by atomic mass is 9.98. The Morgan fingerprint density at radius 3 is 2.19 bits per heavy atom. The van der Waals surface area contributed by atoms with Crippen molar-refractivity contribution in [2.45, 2.75) is 39.2 Å². The predicted octanol–water partition coefficient (Wildman–Crippen LogP) is 2.41. The molecule has 2 N–H and O–H groups in total. The molecule has 0 aromatic heterocycles. The Bertz CT molecular complexity index is 482. The van der Waals surface area contributed by atoms with Gasteiger partial charge in [0.25, 0.3) is 0 Å². The summed E-state index contributed by atoms with van der Waals surface area (Å²) in [5, 5.41) is 11.8. The summed E-state index contributed by atoms with van der Waals surface area (Å²) in [7, 11) is 1.58. The van der Waals surface area contributed by atoms with Gasteiger partial charge in [0.2, 0.25) is 5.91 Å². The average Bonchev–Trinajstić information content (AvgIpc) is 2.45. The summed E-state index contributed by atoms with van der Waals surface area (Å²) in [6.07, 6.45) is 0.413. The monoisotopic (exact) mass is 293 g/mol. The third-order valence-corrected chi connectivity index (χ3v) is 3.33. The topological polar surface area (TPSA) is 75.6 Å². The summed E-state index contributed by atoms with van der Waals surface area (Å²) in [5.41, 5.74) is 0.821. The van der Waals surface area contributed by atoms with E-state index in [0.29, 0.717) is 6.42 Å². The smallest absolute Gasteiger partial charge is 0.326 e. The van der Waals surface area contributed by atoms with E-state index in [0.717, 1.165) is 11.3 Å². The van der Waals surface area contributed by atoms with E-state index in [9.17, 15) is 9.59 Å². The zero-order valence-electron chi connectivity index (χ0n) is 12.9. The van der Waals surface area contributed by atoms with Crippen LogP contribution in [0, 0.1) is 5.92 Å². The molecule has 1 aromatic carbocycles. The number of carboxylic acids is 1. The van der Waals surface area contributed by atoms with E-state index in [1.165, 1.54) is 0 Å².